The van der Waals surface area contributed by atoms with Crippen LogP contribution in [0.15, 0.2) is 12.1 Å². The lowest BCUT2D eigenvalue weighted by atomic mass is 10.1. The first-order valence-electron chi connectivity index (χ1n) is 5.04. The molecule has 0 aliphatic carbocycles. The summed E-state index contributed by atoms with van der Waals surface area (Å²) in [5.74, 6) is 0.896. The van der Waals surface area contributed by atoms with Gasteiger partial charge in [0, 0.05) is 11.8 Å². The third-order valence-electron chi connectivity index (χ3n) is 2.20. The van der Waals surface area contributed by atoms with Gasteiger partial charge in [0.25, 0.3) is 0 Å². The Morgan fingerprint density at radius 2 is 1.87 bits per heavy atom. The third kappa shape index (κ3) is 3.49. The minimum absolute atomic E-state index is 0.322. The van der Waals surface area contributed by atoms with Crippen LogP contribution in [-0.2, 0) is 5.33 Å². The number of hydrogen-bond acceptors (Lipinski definition) is 1. The fourth-order valence-electron chi connectivity index (χ4n) is 1.57. The first kappa shape index (κ1) is 12.5. The van der Waals surface area contributed by atoms with Gasteiger partial charge in [-0.1, -0.05) is 28.1 Å². The van der Waals surface area contributed by atoms with E-state index in [1.165, 1.54) is 5.56 Å². The molecule has 15 heavy (non-hydrogen) atoms. The van der Waals surface area contributed by atoms with Crippen molar-refractivity contribution in [2.75, 3.05) is 13.3 Å². The number of ether oxygens (including phenoxy) is 1. The maximum Gasteiger partial charge on any atom is 0.125 e. The predicted molar refractivity (Wildman–Crippen MR) is 64.6 cm³/mol. The van der Waals surface area contributed by atoms with Crippen LogP contribution in [-0.4, -0.2) is 13.3 Å². The van der Waals surface area contributed by atoms with Crippen LogP contribution < -0.4 is 4.74 Å². The van der Waals surface area contributed by atoms with Gasteiger partial charge in [-0.05, 0) is 30.5 Å². The summed E-state index contributed by atoms with van der Waals surface area (Å²) >= 11 is 3.42. The Balaban J connectivity index is 2.79. The van der Waals surface area contributed by atoms with Gasteiger partial charge < -0.3 is 4.74 Å². The molecule has 0 heterocycles. The molecule has 0 aromatic heterocycles. The fourth-order valence-corrected chi connectivity index (χ4v) is 1.90. The molecular formula is C12H16BrFO. The van der Waals surface area contributed by atoms with E-state index in [0.29, 0.717) is 13.0 Å². The molecule has 0 bridgehead atoms. The highest BCUT2D eigenvalue weighted by Gasteiger charge is 2.05. The molecular weight excluding hydrogens is 259 g/mol. The lowest BCUT2D eigenvalue weighted by molar-refractivity contribution is 0.286. The highest BCUT2D eigenvalue weighted by atomic mass is 79.9. The lowest BCUT2D eigenvalue weighted by Crippen LogP contribution is -2.02. The van der Waals surface area contributed by atoms with Crippen LogP contribution >= 0.6 is 15.9 Å². The third-order valence-corrected chi connectivity index (χ3v) is 2.85. The van der Waals surface area contributed by atoms with Gasteiger partial charge in [-0.3, -0.25) is 4.39 Å². The predicted octanol–water partition coefficient (Wildman–Crippen LogP) is 3.94. The molecule has 1 nitrogen and oxygen atoms in total. The maximum atomic E-state index is 11.9. The number of alkyl halides is 2. The quantitative estimate of drug-likeness (QED) is 0.584. The van der Waals surface area contributed by atoms with E-state index in [4.69, 9.17) is 4.74 Å². The first-order chi connectivity index (χ1) is 7.19. The zero-order chi connectivity index (χ0) is 11.3. The smallest absolute Gasteiger partial charge is 0.125 e. The topological polar surface area (TPSA) is 9.23 Å². The summed E-state index contributed by atoms with van der Waals surface area (Å²) in [6.45, 7) is 4.16. The van der Waals surface area contributed by atoms with Gasteiger partial charge in [-0.2, -0.15) is 0 Å². The van der Waals surface area contributed by atoms with Crippen molar-refractivity contribution < 1.29 is 9.13 Å². The van der Waals surface area contributed by atoms with Gasteiger partial charge >= 0.3 is 0 Å². The second kappa shape index (κ2) is 6.11. The Morgan fingerprint density at radius 1 is 1.27 bits per heavy atom. The molecule has 0 atom stereocenters. The van der Waals surface area contributed by atoms with Crippen LogP contribution in [0, 0.1) is 13.8 Å². The first-order valence-corrected chi connectivity index (χ1v) is 6.16. The zero-order valence-corrected chi connectivity index (χ0v) is 10.7. The monoisotopic (exact) mass is 274 g/mol. The zero-order valence-electron chi connectivity index (χ0n) is 9.15. The van der Waals surface area contributed by atoms with Crippen molar-refractivity contribution in [3.8, 4) is 5.75 Å². The fraction of sp³-hybridized carbons (Fsp3) is 0.500. The summed E-state index contributed by atoms with van der Waals surface area (Å²) in [6, 6.07) is 4.18. The number of hydrogen-bond donors (Lipinski definition) is 0. The van der Waals surface area contributed by atoms with Crippen LogP contribution in [0.5, 0.6) is 5.75 Å². The standard InChI is InChI=1S/C12H16BrFO/c1-9-6-11(8-13)7-10(2)12(9)15-5-3-4-14/h6-7H,3-5,8H2,1-2H3. The second-order valence-corrected chi connectivity index (χ2v) is 4.14. The molecule has 1 aromatic carbocycles. The molecule has 0 spiro atoms. The summed E-state index contributed by atoms with van der Waals surface area (Å²) in [5.41, 5.74) is 3.47. The van der Waals surface area contributed by atoms with Crippen LogP contribution in [0.3, 0.4) is 0 Å². The number of halogens is 2. The minimum atomic E-state index is -0.322. The van der Waals surface area contributed by atoms with Crippen molar-refractivity contribution in [2.45, 2.75) is 25.6 Å². The summed E-state index contributed by atoms with van der Waals surface area (Å²) in [4.78, 5) is 0. The van der Waals surface area contributed by atoms with Gasteiger partial charge in [-0.15, -0.1) is 0 Å². The van der Waals surface area contributed by atoms with E-state index in [1.807, 2.05) is 13.8 Å². The molecule has 0 saturated carbocycles. The van der Waals surface area contributed by atoms with Crippen molar-refractivity contribution in [3.63, 3.8) is 0 Å². The molecule has 0 radical (unpaired) electrons. The molecule has 1 rings (SSSR count). The average molecular weight is 275 g/mol. The van der Waals surface area contributed by atoms with Crippen molar-refractivity contribution in [1.29, 1.82) is 0 Å². The molecule has 0 amide bonds. The van der Waals surface area contributed by atoms with Gasteiger partial charge in [0.15, 0.2) is 0 Å². The average Bonchev–Trinajstić information content (AvgIpc) is 2.22. The highest BCUT2D eigenvalue weighted by Crippen LogP contribution is 2.25. The van der Waals surface area contributed by atoms with Gasteiger partial charge in [0.2, 0.25) is 0 Å². The highest BCUT2D eigenvalue weighted by molar-refractivity contribution is 9.08. The van der Waals surface area contributed by atoms with E-state index in [1.54, 1.807) is 0 Å². The van der Waals surface area contributed by atoms with Crippen LogP contribution in [0.4, 0.5) is 4.39 Å². The Kier molecular flexibility index (Phi) is 5.09. The van der Waals surface area contributed by atoms with Crippen molar-refractivity contribution in [1.82, 2.24) is 0 Å². The number of aryl methyl sites for hydroxylation is 2. The van der Waals surface area contributed by atoms with Crippen LogP contribution in [0.2, 0.25) is 0 Å². The Hall–Kier alpha value is -0.570. The van der Waals surface area contributed by atoms with Gasteiger partial charge in [-0.25, -0.2) is 0 Å². The van der Waals surface area contributed by atoms with Crippen molar-refractivity contribution in [3.05, 3.63) is 28.8 Å². The van der Waals surface area contributed by atoms with Crippen LogP contribution in [0.1, 0.15) is 23.1 Å². The summed E-state index contributed by atoms with van der Waals surface area (Å²) < 4.78 is 17.5. The van der Waals surface area contributed by atoms with E-state index >= 15 is 0 Å². The molecule has 0 aliphatic heterocycles. The Labute approximate surface area is 98.8 Å². The summed E-state index contributed by atoms with van der Waals surface area (Å²) in [6.07, 6.45) is 0.457. The van der Waals surface area contributed by atoms with E-state index < -0.39 is 0 Å². The van der Waals surface area contributed by atoms with Crippen LogP contribution in [0.25, 0.3) is 0 Å². The molecule has 84 valence electrons. The Morgan fingerprint density at radius 3 is 2.33 bits per heavy atom. The lowest BCUT2D eigenvalue weighted by Gasteiger charge is -2.12. The van der Waals surface area contributed by atoms with E-state index in [0.717, 1.165) is 22.2 Å². The van der Waals surface area contributed by atoms with Crippen molar-refractivity contribution in [2.24, 2.45) is 0 Å². The van der Waals surface area contributed by atoms with Crippen molar-refractivity contribution >= 4 is 15.9 Å². The molecule has 0 aliphatic rings. The Bertz CT molecular complexity index is 302. The number of benzene rings is 1. The number of rotatable bonds is 5. The summed E-state index contributed by atoms with van der Waals surface area (Å²) in [5, 5.41) is 0.847. The van der Waals surface area contributed by atoms with Gasteiger partial charge in [0.05, 0.1) is 13.3 Å². The summed E-state index contributed by atoms with van der Waals surface area (Å²) in [7, 11) is 0. The second-order valence-electron chi connectivity index (χ2n) is 3.58. The molecule has 0 unspecified atom stereocenters. The molecule has 0 saturated heterocycles. The molecule has 3 heteroatoms. The van der Waals surface area contributed by atoms with E-state index in [-0.39, 0.29) is 6.67 Å². The van der Waals surface area contributed by atoms with E-state index in [2.05, 4.69) is 28.1 Å². The largest absolute Gasteiger partial charge is 0.493 e. The SMILES string of the molecule is Cc1cc(CBr)cc(C)c1OCCCF. The molecule has 0 N–H and O–H groups in total. The molecule has 1 aromatic rings. The molecule has 0 fully saturated rings. The minimum Gasteiger partial charge on any atom is -0.493 e. The van der Waals surface area contributed by atoms with Gasteiger partial charge in [0.1, 0.15) is 5.75 Å². The maximum absolute atomic E-state index is 11.9. The van der Waals surface area contributed by atoms with E-state index in [9.17, 15) is 4.39 Å². The normalized spacial score (nSPS) is 10.4.